The van der Waals surface area contributed by atoms with Crippen LogP contribution in [-0.2, 0) is 16.6 Å². The number of sulfonamides is 1. The molecule has 0 unspecified atom stereocenters. The lowest BCUT2D eigenvalue weighted by Gasteiger charge is -2.15. The standard InChI is InChI=1S/C20H34N4O2S.HI/c1-4-21-20(22-13-7-8-17(2)3)23-16-18-9-11-19(12-10-18)27(25,26)24-14-5-6-15-24;/h9-12,17H,4-8,13-16H2,1-3H3,(H2,21,22,23);1H. The predicted molar refractivity (Wildman–Crippen MR) is 127 cm³/mol. The maximum Gasteiger partial charge on any atom is 0.243 e. The van der Waals surface area contributed by atoms with Crippen molar-refractivity contribution in [2.45, 2.75) is 57.9 Å². The quantitative estimate of drug-likeness (QED) is 0.225. The number of hydrogen-bond donors (Lipinski definition) is 2. The third-order valence-electron chi connectivity index (χ3n) is 4.64. The number of halogens is 1. The Morgan fingerprint density at radius 1 is 1.14 bits per heavy atom. The molecule has 1 fully saturated rings. The largest absolute Gasteiger partial charge is 0.357 e. The highest BCUT2D eigenvalue weighted by Crippen LogP contribution is 2.21. The van der Waals surface area contributed by atoms with Gasteiger partial charge in [-0.2, -0.15) is 4.31 Å². The molecule has 160 valence electrons. The average Bonchev–Trinajstić information content (AvgIpc) is 3.19. The van der Waals surface area contributed by atoms with Gasteiger partial charge in [-0.15, -0.1) is 24.0 Å². The fourth-order valence-electron chi connectivity index (χ4n) is 3.07. The van der Waals surface area contributed by atoms with E-state index in [9.17, 15) is 8.42 Å². The van der Waals surface area contributed by atoms with Crippen molar-refractivity contribution >= 4 is 40.0 Å². The van der Waals surface area contributed by atoms with Crippen LogP contribution in [0.1, 0.15) is 52.0 Å². The fourth-order valence-corrected chi connectivity index (χ4v) is 4.59. The molecule has 0 radical (unpaired) electrons. The molecule has 1 aliphatic rings. The van der Waals surface area contributed by atoms with E-state index in [4.69, 9.17) is 0 Å². The van der Waals surface area contributed by atoms with Gasteiger partial charge < -0.3 is 10.6 Å². The zero-order chi connectivity index (χ0) is 19.7. The van der Waals surface area contributed by atoms with Crippen LogP contribution in [0.15, 0.2) is 34.2 Å². The molecule has 2 N–H and O–H groups in total. The van der Waals surface area contributed by atoms with Gasteiger partial charge in [0.25, 0.3) is 0 Å². The predicted octanol–water partition coefficient (Wildman–Crippen LogP) is 3.58. The number of aliphatic imine (C=N–C) groups is 1. The fraction of sp³-hybridized carbons (Fsp3) is 0.650. The number of nitrogens with one attached hydrogen (secondary N) is 2. The molecule has 1 saturated heterocycles. The Balaban J connectivity index is 0.00000392. The maximum atomic E-state index is 12.6. The molecule has 2 rings (SSSR count). The summed E-state index contributed by atoms with van der Waals surface area (Å²) in [6.45, 7) is 9.98. The third kappa shape index (κ3) is 7.87. The Kier molecular flexibility index (Phi) is 11.4. The van der Waals surface area contributed by atoms with E-state index in [-0.39, 0.29) is 24.0 Å². The lowest BCUT2D eigenvalue weighted by atomic mass is 10.1. The van der Waals surface area contributed by atoms with Crippen LogP contribution in [0, 0.1) is 5.92 Å². The summed E-state index contributed by atoms with van der Waals surface area (Å²) >= 11 is 0. The van der Waals surface area contributed by atoms with E-state index in [2.05, 4.69) is 29.5 Å². The second-order valence-electron chi connectivity index (χ2n) is 7.41. The van der Waals surface area contributed by atoms with Crippen molar-refractivity contribution in [3.05, 3.63) is 29.8 Å². The van der Waals surface area contributed by atoms with E-state index in [1.807, 2.05) is 19.1 Å². The lowest BCUT2D eigenvalue weighted by Crippen LogP contribution is -2.37. The van der Waals surface area contributed by atoms with Crippen molar-refractivity contribution in [2.75, 3.05) is 26.2 Å². The van der Waals surface area contributed by atoms with Crippen LogP contribution in [-0.4, -0.2) is 44.9 Å². The number of guanidine groups is 1. The van der Waals surface area contributed by atoms with E-state index in [1.54, 1.807) is 16.4 Å². The SMILES string of the molecule is CCNC(=NCc1ccc(S(=O)(=O)N2CCCC2)cc1)NCCCC(C)C.I. The molecule has 8 heteroatoms. The summed E-state index contributed by atoms with van der Waals surface area (Å²) in [5.74, 6) is 1.51. The van der Waals surface area contributed by atoms with Gasteiger partial charge in [-0.1, -0.05) is 26.0 Å². The van der Waals surface area contributed by atoms with Crippen LogP contribution in [0.25, 0.3) is 0 Å². The third-order valence-corrected chi connectivity index (χ3v) is 6.55. The summed E-state index contributed by atoms with van der Waals surface area (Å²) in [5, 5.41) is 6.61. The molecule has 0 bridgehead atoms. The van der Waals surface area contributed by atoms with Gasteiger partial charge in [0.1, 0.15) is 0 Å². The van der Waals surface area contributed by atoms with E-state index in [1.165, 1.54) is 6.42 Å². The van der Waals surface area contributed by atoms with E-state index in [0.717, 1.165) is 43.9 Å². The summed E-state index contributed by atoms with van der Waals surface area (Å²) in [4.78, 5) is 4.98. The van der Waals surface area contributed by atoms with Gasteiger partial charge in [0.05, 0.1) is 11.4 Å². The lowest BCUT2D eigenvalue weighted by molar-refractivity contribution is 0.477. The smallest absolute Gasteiger partial charge is 0.243 e. The Morgan fingerprint density at radius 3 is 2.36 bits per heavy atom. The van der Waals surface area contributed by atoms with Crippen molar-refractivity contribution in [1.82, 2.24) is 14.9 Å². The number of benzene rings is 1. The molecule has 1 aromatic carbocycles. The van der Waals surface area contributed by atoms with E-state index >= 15 is 0 Å². The van der Waals surface area contributed by atoms with Crippen LogP contribution in [0.5, 0.6) is 0 Å². The molecule has 0 aliphatic carbocycles. The molecular weight excluding hydrogens is 487 g/mol. The maximum absolute atomic E-state index is 12.6. The first-order valence-electron chi connectivity index (χ1n) is 10.0. The average molecular weight is 522 g/mol. The first-order chi connectivity index (χ1) is 12.9. The van der Waals surface area contributed by atoms with Gasteiger partial charge >= 0.3 is 0 Å². The Morgan fingerprint density at radius 2 is 1.79 bits per heavy atom. The minimum absolute atomic E-state index is 0. The zero-order valence-electron chi connectivity index (χ0n) is 17.3. The zero-order valence-corrected chi connectivity index (χ0v) is 20.4. The van der Waals surface area contributed by atoms with Crippen molar-refractivity contribution in [2.24, 2.45) is 10.9 Å². The van der Waals surface area contributed by atoms with Crippen LogP contribution < -0.4 is 10.6 Å². The Labute approximate surface area is 187 Å². The highest BCUT2D eigenvalue weighted by Gasteiger charge is 2.26. The molecule has 0 spiro atoms. The van der Waals surface area contributed by atoms with Crippen molar-refractivity contribution in [1.29, 1.82) is 0 Å². The van der Waals surface area contributed by atoms with E-state index in [0.29, 0.717) is 30.4 Å². The number of nitrogens with zero attached hydrogens (tertiary/aromatic N) is 2. The minimum atomic E-state index is -3.34. The molecule has 1 aliphatic heterocycles. The second kappa shape index (κ2) is 12.6. The Bertz CT molecular complexity index is 699. The van der Waals surface area contributed by atoms with E-state index < -0.39 is 10.0 Å². The van der Waals surface area contributed by atoms with Crippen molar-refractivity contribution < 1.29 is 8.42 Å². The summed E-state index contributed by atoms with van der Waals surface area (Å²) in [6, 6.07) is 7.10. The second-order valence-corrected chi connectivity index (χ2v) is 9.35. The minimum Gasteiger partial charge on any atom is -0.357 e. The van der Waals surface area contributed by atoms with Gasteiger partial charge in [0, 0.05) is 26.2 Å². The van der Waals surface area contributed by atoms with Gasteiger partial charge in [-0.3, -0.25) is 0 Å². The monoisotopic (exact) mass is 522 g/mol. The number of rotatable bonds is 9. The van der Waals surface area contributed by atoms with Crippen LogP contribution in [0.2, 0.25) is 0 Å². The summed E-state index contributed by atoms with van der Waals surface area (Å²) in [6.07, 6.45) is 4.21. The van der Waals surface area contributed by atoms with Gasteiger partial charge in [0.2, 0.25) is 10.0 Å². The van der Waals surface area contributed by atoms with Crippen LogP contribution in [0.4, 0.5) is 0 Å². The summed E-state index contributed by atoms with van der Waals surface area (Å²) in [5.41, 5.74) is 0.995. The highest BCUT2D eigenvalue weighted by molar-refractivity contribution is 14.0. The Hall–Kier alpha value is -0.870. The summed E-state index contributed by atoms with van der Waals surface area (Å²) in [7, 11) is -3.34. The van der Waals surface area contributed by atoms with Crippen LogP contribution >= 0.6 is 24.0 Å². The molecule has 0 aromatic heterocycles. The van der Waals surface area contributed by atoms with Gasteiger partial charge in [0.15, 0.2) is 5.96 Å². The first-order valence-corrected chi connectivity index (χ1v) is 11.5. The molecular formula is C20H35IN4O2S. The molecule has 0 amide bonds. The van der Waals surface area contributed by atoms with Crippen molar-refractivity contribution in [3.63, 3.8) is 0 Å². The normalized spacial score (nSPS) is 15.5. The van der Waals surface area contributed by atoms with Crippen LogP contribution in [0.3, 0.4) is 0 Å². The molecule has 1 heterocycles. The van der Waals surface area contributed by atoms with Crippen molar-refractivity contribution in [3.8, 4) is 0 Å². The first kappa shape index (κ1) is 25.2. The molecule has 28 heavy (non-hydrogen) atoms. The molecule has 0 saturated carbocycles. The molecule has 6 nitrogen and oxygen atoms in total. The summed E-state index contributed by atoms with van der Waals surface area (Å²) < 4.78 is 26.7. The molecule has 0 atom stereocenters. The number of hydrogen-bond acceptors (Lipinski definition) is 3. The van der Waals surface area contributed by atoms with Gasteiger partial charge in [-0.25, -0.2) is 13.4 Å². The highest BCUT2D eigenvalue weighted by atomic mass is 127. The topological polar surface area (TPSA) is 73.8 Å². The van der Waals surface area contributed by atoms with Gasteiger partial charge in [-0.05, 0) is 56.2 Å². The molecule has 1 aromatic rings.